The Balaban J connectivity index is 1.21. The zero-order valence-corrected chi connectivity index (χ0v) is 21.5. The number of piperidine rings is 1. The van der Waals surface area contributed by atoms with Gasteiger partial charge in [0.05, 0.1) is 17.8 Å². The van der Waals surface area contributed by atoms with E-state index in [4.69, 9.17) is 5.26 Å². The van der Waals surface area contributed by atoms with E-state index < -0.39 is 0 Å². The number of nitriles is 1. The summed E-state index contributed by atoms with van der Waals surface area (Å²) < 4.78 is 1.80. The maximum absolute atomic E-state index is 13.3. The van der Waals surface area contributed by atoms with Gasteiger partial charge in [-0.3, -0.25) is 14.3 Å². The van der Waals surface area contributed by atoms with Gasteiger partial charge in [-0.1, -0.05) is 30.3 Å². The van der Waals surface area contributed by atoms with Gasteiger partial charge in [0.1, 0.15) is 0 Å². The van der Waals surface area contributed by atoms with Gasteiger partial charge in [-0.05, 0) is 78.8 Å². The molecule has 0 saturated carbocycles. The molecule has 5 rings (SSSR count). The second kappa shape index (κ2) is 10.7. The van der Waals surface area contributed by atoms with Crippen LogP contribution in [0.4, 0.5) is 5.69 Å². The molecule has 190 valence electrons. The van der Waals surface area contributed by atoms with Crippen LogP contribution in [0.25, 0.3) is 11.1 Å². The first kappa shape index (κ1) is 25.0. The average molecular weight is 504 g/mol. The summed E-state index contributed by atoms with van der Waals surface area (Å²) in [5.41, 5.74) is 6.54. The Morgan fingerprint density at radius 2 is 1.63 bits per heavy atom. The van der Waals surface area contributed by atoms with E-state index in [0.29, 0.717) is 41.4 Å². The molecule has 2 heterocycles. The number of rotatable bonds is 5. The van der Waals surface area contributed by atoms with Crippen molar-refractivity contribution >= 4 is 17.5 Å². The van der Waals surface area contributed by atoms with E-state index in [-0.39, 0.29) is 11.8 Å². The molecule has 4 aromatic rings. The average Bonchev–Trinajstić information content (AvgIpc) is 3.40. The quantitative estimate of drug-likeness (QED) is 0.387. The molecule has 0 spiro atoms. The molecular weight excluding hydrogens is 474 g/mol. The van der Waals surface area contributed by atoms with Crippen LogP contribution in [0.15, 0.2) is 79.1 Å². The fourth-order valence-electron chi connectivity index (χ4n) is 4.90. The molecule has 0 atom stereocenters. The first-order chi connectivity index (χ1) is 18.4. The number of amides is 2. The highest BCUT2D eigenvalue weighted by molar-refractivity contribution is 6.05. The molecule has 0 radical (unpaired) electrons. The largest absolute Gasteiger partial charge is 0.339 e. The first-order valence-electron chi connectivity index (χ1n) is 12.7. The van der Waals surface area contributed by atoms with Crippen LogP contribution in [-0.4, -0.2) is 39.6 Å². The van der Waals surface area contributed by atoms with Gasteiger partial charge in [0, 0.05) is 48.7 Å². The number of aryl methyl sites for hydroxylation is 2. The molecule has 1 aliphatic rings. The van der Waals surface area contributed by atoms with Crippen LogP contribution in [0.2, 0.25) is 0 Å². The van der Waals surface area contributed by atoms with Crippen LogP contribution in [-0.2, 0) is 7.05 Å². The minimum absolute atomic E-state index is 0.0238. The summed E-state index contributed by atoms with van der Waals surface area (Å²) in [5, 5.41) is 16.1. The fourth-order valence-corrected chi connectivity index (χ4v) is 4.90. The summed E-state index contributed by atoms with van der Waals surface area (Å²) in [6, 6.07) is 22.6. The van der Waals surface area contributed by atoms with Gasteiger partial charge in [0.2, 0.25) is 0 Å². The molecule has 1 saturated heterocycles. The third-order valence-electron chi connectivity index (χ3n) is 7.21. The Bertz CT molecular complexity index is 1510. The normalized spacial score (nSPS) is 13.7. The zero-order chi connectivity index (χ0) is 26.6. The van der Waals surface area contributed by atoms with Gasteiger partial charge >= 0.3 is 0 Å². The molecule has 38 heavy (non-hydrogen) atoms. The summed E-state index contributed by atoms with van der Waals surface area (Å²) in [5.74, 6) is 0.115. The lowest BCUT2D eigenvalue weighted by Gasteiger charge is -2.32. The van der Waals surface area contributed by atoms with Crippen molar-refractivity contribution in [1.29, 1.82) is 5.26 Å². The number of nitrogens with zero attached hydrogens (tertiary/aromatic N) is 4. The van der Waals surface area contributed by atoms with Gasteiger partial charge in [-0.2, -0.15) is 10.4 Å². The summed E-state index contributed by atoms with van der Waals surface area (Å²) in [6.07, 6.45) is 5.69. The Morgan fingerprint density at radius 1 is 0.947 bits per heavy atom. The highest BCUT2D eigenvalue weighted by atomic mass is 16.2. The molecule has 1 aliphatic heterocycles. The van der Waals surface area contributed by atoms with Gasteiger partial charge in [0.15, 0.2) is 0 Å². The minimum atomic E-state index is -0.280. The van der Waals surface area contributed by atoms with Crippen LogP contribution in [0, 0.1) is 18.3 Å². The maximum atomic E-state index is 13.3. The molecule has 7 heteroatoms. The number of aromatic nitrogens is 2. The van der Waals surface area contributed by atoms with E-state index in [9.17, 15) is 9.59 Å². The van der Waals surface area contributed by atoms with Crippen molar-refractivity contribution in [2.24, 2.45) is 7.05 Å². The van der Waals surface area contributed by atoms with Crippen LogP contribution in [0.1, 0.15) is 56.2 Å². The van der Waals surface area contributed by atoms with Crippen LogP contribution >= 0.6 is 0 Å². The lowest BCUT2D eigenvalue weighted by Crippen LogP contribution is -2.38. The van der Waals surface area contributed by atoms with E-state index in [0.717, 1.165) is 29.5 Å². The number of carbonyl (C=O) groups is 2. The molecule has 1 N–H and O–H groups in total. The van der Waals surface area contributed by atoms with E-state index in [2.05, 4.69) is 34.7 Å². The van der Waals surface area contributed by atoms with Crippen LogP contribution < -0.4 is 5.32 Å². The first-order valence-corrected chi connectivity index (χ1v) is 12.7. The number of likely N-dealkylation sites (tertiary alicyclic amines) is 1. The maximum Gasteiger partial charge on any atom is 0.255 e. The molecule has 7 nitrogen and oxygen atoms in total. The summed E-state index contributed by atoms with van der Waals surface area (Å²) in [7, 11) is 1.91. The molecular formula is C31H29N5O2. The third-order valence-corrected chi connectivity index (χ3v) is 7.21. The number of anilines is 1. The van der Waals surface area contributed by atoms with E-state index in [1.807, 2.05) is 49.5 Å². The van der Waals surface area contributed by atoms with Gasteiger partial charge in [0.25, 0.3) is 11.8 Å². The number of nitrogens with one attached hydrogen (secondary N) is 1. The Morgan fingerprint density at radius 3 is 2.26 bits per heavy atom. The zero-order valence-electron chi connectivity index (χ0n) is 21.5. The Labute approximate surface area is 222 Å². The summed E-state index contributed by atoms with van der Waals surface area (Å²) in [4.78, 5) is 27.9. The van der Waals surface area contributed by atoms with Crippen molar-refractivity contribution in [1.82, 2.24) is 14.7 Å². The predicted molar refractivity (Wildman–Crippen MR) is 147 cm³/mol. The Kier molecular flexibility index (Phi) is 7.05. The second-order valence-corrected chi connectivity index (χ2v) is 9.76. The lowest BCUT2D eigenvalue weighted by molar-refractivity contribution is 0.0712. The van der Waals surface area contributed by atoms with Crippen molar-refractivity contribution in [3.63, 3.8) is 0 Å². The van der Waals surface area contributed by atoms with Gasteiger partial charge in [-0.25, -0.2) is 0 Å². The number of carbonyl (C=O) groups excluding carboxylic acids is 2. The SMILES string of the molecule is Cc1ccc(C(=O)N2CCC(c3ccc(-c4cnn(C)c4)cc3)CC2)cc1NC(=O)c1ccc(C#N)cc1. The second-order valence-electron chi connectivity index (χ2n) is 9.76. The molecule has 1 aromatic heterocycles. The fraction of sp³-hybridized carbons (Fsp3) is 0.226. The monoisotopic (exact) mass is 503 g/mol. The minimum Gasteiger partial charge on any atom is -0.339 e. The predicted octanol–water partition coefficient (Wildman–Crippen LogP) is 5.54. The van der Waals surface area contributed by atoms with E-state index >= 15 is 0 Å². The highest BCUT2D eigenvalue weighted by Crippen LogP contribution is 2.31. The Hall–Kier alpha value is -4.70. The van der Waals surface area contributed by atoms with Crippen molar-refractivity contribution in [2.45, 2.75) is 25.7 Å². The molecule has 1 fully saturated rings. The molecule has 0 unspecified atom stereocenters. The van der Waals surface area contributed by atoms with Crippen molar-refractivity contribution < 1.29 is 9.59 Å². The summed E-state index contributed by atoms with van der Waals surface area (Å²) >= 11 is 0. The molecule has 3 aromatic carbocycles. The lowest BCUT2D eigenvalue weighted by atomic mass is 9.88. The van der Waals surface area contributed by atoms with Crippen LogP contribution in [0.3, 0.4) is 0 Å². The number of hydrogen-bond acceptors (Lipinski definition) is 4. The van der Waals surface area contributed by atoms with Crippen molar-refractivity contribution in [3.05, 3.63) is 107 Å². The molecule has 0 bridgehead atoms. The standard InChI is InChI=1S/C31H29N5O2/c1-21-3-6-27(17-29(21)34-30(37)26-7-4-22(18-32)5-8-26)31(38)36-15-13-25(14-16-36)23-9-11-24(12-10-23)28-19-33-35(2)20-28/h3-12,17,19-20,25H,13-16H2,1-2H3,(H,34,37). The summed E-state index contributed by atoms with van der Waals surface area (Å²) in [6.45, 7) is 3.27. The topological polar surface area (TPSA) is 91.0 Å². The van der Waals surface area contributed by atoms with E-state index in [1.54, 1.807) is 35.0 Å². The number of hydrogen-bond donors (Lipinski definition) is 1. The van der Waals surface area contributed by atoms with Gasteiger partial charge in [-0.15, -0.1) is 0 Å². The van der Waals surface area contributed by atoms with Crippen molar-refractivity contribution in [2.75, 3.05) is 18.4 Å². The smallest absolute Gasteiger partial charge is 0.255 e. The molecule has 0 aliphatic carbocycles. The third kappa shape index (κ3) is 5.35. The highest BCUT2D eigenvalue weighted by Gasteiger charge is 2.25. The van der Waals surface area contributed by atoms with Crippen LogP contribution in [0.5, 0.6) is 0 Å². The van der Waals surface area contributed by atoms with Gasteiger partial charge < -0.3 is 10.2 Å². The number of benzene rings is 3. The van der Waals surface area contributed by atoms with E-state index in [1.165, 1.54) is 5.56 Å². The molecule has 2 amide bonds. The van der Waals surface area contributed by atoms with Crippen molar-refractivity contribution in [3.8, 4) is 17.2 Å².